The number of nitrogens with zero attached hydrogens (tertiary/aromatic N) is 2. The van der Waals surface area contributed by atoms with Gasteiger partial charge in [-0.25, -0.2) is 0 Å². The highest BCUT2D eigenvalue weighted by molar-refractivity contribution is 6.04. The van der Waals surface area contributed by atoms with Crippen molar-refractivity contribution >= 4 is 21.8 Å². The highest BCUT2D eigenvalue weighted by Gasteiger charge is 2.16. The molecule has 0 radical (unpaired) electrons. The Balaban J connectivity index is 2.19. The van der Waals surface area contributed by atoms with Gasteiger partial charge in [0.05, 0.1) is 18.0 Å². The van der Waals surface area contributed by atoms with Crippen LogP contribution in [-0.2, 0) is 16.0 Å². The van der Waals surface area contributed by atoms with Gasteiger partial charge in [-0.05, 0) is 12.1 Å². The fourth-order valence-electron chi connectivity index (χ4n) is 2.70. The van der Waals surface area contributed by atoms with E-state index in [4.69, 9.17) is 18.7 Å². The lowest BCUT2D eigenvalue weighted by Gasteiger charge is -2.16. The van der Waals surface area contributed by atoms with Crippen LogP contribution in [-0.4, -0.2) is 37.3 Å². The highest BCUT2D eigenvalue weighted by atomic mass is 16.7. The normalized spacial score (nSPS) is 11.7. The second kappa shape index (κ2) is 6.39. The van der Waals surface area contributed by atoms with Crippen LogP contribution in [0.15, 0.2) is 33.8 Å². The topological polar surface area (TPSA) is 75.7 Å². The molecule has 0 bridgehead atoms. The van der Waals surface area contributed by atoms with E-state index in [1.807, 2.05) is 18.2 Å². The monoisotopic (exact) mass is 318 g/mol. The van der Waals surface area contributed by atoms with E-state index in [-0.39, 0.29) is 11.8 Å². The van der Waals surface area contributed by atoms with Crippen molar-refractivity contribution in [3.63, 3.8) is 0 Å². The summed E-state index contributed by atoms with van der Waals surface area (Å²) in [7, 11) is 4.73. The molecule has 2 heterocycles. The molecule has 0 unspecified atom stereocenters. The molecule has 0 amide bonds. The van der Waals surface area contributed by atoms with Crippen molar-refractivity contribution < 1.29 is 18.7 Å². The summed E-state index contributed by atoms with van der Waals surface area (Å²) in [4.78, 5) is 12.7. The van der Waals surface area contributed by atoms with Crippen LogP contribution in [0, 0.1) is 0 Å². The highest BCUT2D eigenvalue weighted by Crippen LogP contribution is 2.26. The van der Waals surface area contributed by atoms with Crippen LogP contribution in [0.25, 0.3) is 21.8 Å². The molecule has 0 N–H and O–H groups in total. The van der Waals surface area contributed by atoms with Gasteiger partial charge in [0, 0.05) is 38.6 Å². The van der Waals surface area contributed by atoms with E-state index in [9.17, 15) is 4.79 Å². The fourth-order valence-corrected chi connectivity index (χ4v) is 2.70. The Morgan fingerprint density at radius 2 is 2.00 bits per heavy atom. The fraction of sp³-hybridized carbons (Fsp3) is 0.375. The molecule has 0 aliphatic rings. The molecule has 122 valence electrons. The van der Waals surface area contributed by atoms with Gasteiger partial charge in [0.2, 0.25) is 0 Å². The van der Waals surface area contributed by atoms with E-state index in [2.05, 4.69) is 5.16 Å². The van der Waals surface area contributed by atoms with Gasteiger partial charge in [-0.1, -0.05) is 5.16 Å². The van der Waals surface area contributed by atoms with Crippen molar-refractivity contribution in [3.8, 4) is 5.75 Å². The molecule has 0 saturated carbocycles. The number of benzene rings is 1. The first-order valence-electron chi connectivity index (χ1n) is 7.19. The first kappa shape index (κ1) is 15.5. The molecule has 7 nitrogen and oxygen atoms in total. The molecule has 3 rings (SSSR count). The molecular formula is C16H18N2O5. The third-order valence-electron chi connectivity index (χ3n) is 3.92. The second-order valence-corrected chi connectivity index (χ2v) is 5.11. The van der Waals surface area contributed by atoms with Crippen LogP contribution in [0.3, 0.4) is 0 Å². The lowest BCUT2D eigenvalue weighted by atomic mass is 10.1. The van der Waals surface area contributed by atoms with E-state index in [1.165, 1.54) is 6.26 Å². The van der Waals surface area contributed by atoms with Gasteiger partial charge in [-0.15, -0.1) is 0 Å². The van der Waals surface area contributed by atoms with E-state index in [1.54, 1.807) is 25.9 Å². The Bertz CT molecular complexity index is 879. The second-order valence-electron chi connectivity index (χ2n) is 5.11. The molecule has 1 aromatic carbocycles. The molecule has 3 aromatic rings. The van der Waals surface area contributed by atoms with E-state index >= 15 is 0 Å². The maximum Gasteiger partial charge on any atom is 0.281 e. The van der Waals surface area contributed by atoms with Gasteiger partial charge in [0.15, 0.2) is 11.8 Å². The molecule has 23 heavy (non-hydrogen) atoms. The number of pyridine rings is 1. The third-order valence-corrected chi connectivity index (χ3v) is 3.92. The van der Waals surface area contributed by atoms with Crippen LogP contribution in [0.4, 0.5) is 0 Å². The Labute approximate surface area is 132 Å². The average Bonchev–Trinajstić information content (AvgIpc) is 3.07. The number of ether oxygens (including phenoxy) is 3. The number of aryl methyl sites for hydroxylation is 1. The van der Waals surface area contributed by atoms with E-state index in [0.717, 1.165) is 10.9 Å². The van der Waals surface area contributed by atoms with Gasteiger partial charge in [-0.3, -0.25) is 4.79 Å². The van der Waals surface area contributed by atoms with Gasteiger partial charge in [0.25, 0.3) is 5.56 Å². The van der Waals surface area contributed by atoms with Crippen LogP contribution >= 0.6 is 0 Å². The Kier molecular flexibility index (Phi) is 4.31. The number of rotatable bonds is 6. The summed E-state index contributed by atoms with van der Waals surface area (Å²) in [5.74, 6) is 0.677. The molecule has 0 saturated heterocycles. The summed E-state index contributed by atoms with van der Waals surface area (Å²) < 4.78 is 22.3. The summed E-state index contributed by atoms with van der Waals surface area (Å²) in [5, 5.41) is 5.41. The first-order chi connectivity index (χ1) is 11.2. The largest absolute Gasteiger partial charge is 0.497 e. The number of aromatic nitrogens is 2. The molecule has 0 fully saturated rings. The Morgan fingerprint density at radius 3 is 2.70 bits per heavy atom. The minimum Gasteiger partial charge on any atom is -0.497 e. The maximum atomic E-state index is 12.7. The molecule has 0 atom stereocenters. The van der Waals surface area contributed by atoms with Gasteiger partial charge >= 0.3 is 0 Å². The lowest BCUT2D eigenvalue weighted by Crippen LogP contribution is -2.24. The zero-order valence-electron chi connectivity index (χ0n) is 13.2. The van der Waals surface area contributed by atoms with Crippen molar-refractivity contribution in [2.45, 2.75) is 19.3 Å². The van der Waals surface area contributed by atoms with Crippen molar-refractivity contribution in [2.24, 2.45) is 0 Å². The summed E-state index contributed by atoms with van der Waals surface area (Å²) in [5.41, 5.74) is 0.866. The Morgan fingerprint density at radius 1 is 1.22 bits per heavy atom. The zero-order chi connectivity index (χ0) is 16.4. The Hall–Kier alpha value is -2.38. The number of methoxy groups -OCH3 is 3. The number of hydrogen-bond acceptors (Lipinski definition) is 6. The van der Waals surface area contributed by atoms with Crippen LogP contribution in [0.1, 0.15) is 6.42 Å². The molecular weight excluding hydrogens is 300 g/mol. The summed E-state index contributed by atoms with van der Waals surface area (Å²) in [6, 6.07) is 5.57. The zero-order valence-corrected chi connectivity index (χ0v) is 13.2. The van der Waals surface area contributed by atoms with Crippen molar-refractivity contribution in [2.75, 3.05) is 21.3 Å². The van der Waals surface area contributed by atoms with E-state index < -0.39 is 0 Å². The number of hydrogen-bond donors (Lipinski definition) is 0. The predicted molar refractivity (Wildman–Crippen MR) is 84.8 cm³/mol. The lowest BCUT2D eigenvalue weighted by molar-refractivity contribution is -0.107. The van der Waals surface area contributed by atoms with Gasteiger partial charge in [0.1, 0.15) is 12.0 Å². The smallest absolute Gasteiger partial charge is 0.281 e. The summed E-state index contributed by atoms with van der Waals surface area (Å²) in [6.45, 7) is 0.428. The quantitative estimate of drug-likeness (QED) is 0.648. The van der Waals surface area contributed by atoms with Gasteiger partial charge < -0.3 is 23.3 Å². The number of fused-ring (bicyclic) bond motifs is 3. The molecule has 2 aromatic heterocycles. The maximum absolute atomic E-state index is 12.7. The SMILES string of the molecule is COc1ccc2c3conc3c(=O)n(CCC(OC)OC)c2c1. The molecule has 0 aliphatic carbocycles. The standard InChI is InChI=1S/C16H18N2O5/c1-20-10-4-5-11-12-9-23-17-15(12)16(19)18(13(11)8-10)7-6-14(21-2)22-3/h4-5,8-9,14H,6-7H2,1-3H3. The molecule has 7 heteroatoms. The predicted octanol–water partition coefficient (Wildman–Crippen LogP) is 2.16. The third kappa shape index (κ3) is 2.69. The minimum absolute atomic E-state index is 0.208. The van der Waals surface area contributed by atoms with Gasteiger partial charge in [-0.2, -0.15) is 0 Å². The van der Waals surface area contributed by atoms with Crippen molar-refractivity contribution in [1.29, 1.82) is 0 Å². The molecule has 0 aliphatic heterocycles. The van der Waals surface area contributed by atoms with Crippen molar-refractivity contribution in [3.05, 3.63) is 34.8 Å². The van der Waals surface area contributed by atoms with Crippen LogP contribution < -0.4 is 10.3 Å². The average molecular weight is 318 g/mol. The van der Waals surface area contributed by atoms with Crippen LogP contribution in [0.5, 0.6) is 5.75 Å². The summed E-state index contributed by atoms with van der Waals surface area (Å²) >= 11 is 0. The van der Waals surface area contributed by atoms with Crippen LogP contribution in [0.2, 0.25) is 0 Å². The van der Waals surface area contributed by atoms with Crippen molar-refractivity contribution in [1.82, 2.24) is 9.72 Å². The molecule has 0 spiro atoms. The minimum atomic E-state index is -0.379. The van der Waals surface area contributed by atoms with E-state index in [0.29, 0.717) is 29.6 Å². The summed E-state index contributed by atoms with van der Waals surface area (Å²) in [6.07, 6.45) is 1.64. The first-order valence-corrected chi connectivity index (χ1v) is 7.19.